The van der Waals surface area contributed by atoms with Gasteiger partial charge in [0.05, 0.1) is 11.0 Å². The average molecular weight is 365 g/mol. The lowest BCUT2D eigenvalue weighted by Gasteiger charge is -2.13. The lowest BCUT2D eigenvalue weighted by Crippen LogP contribution is -2.32. The van der Waals surface area contributed by atoms with E-state index in [1.807, 2.05) is 6.92 Å². The fourth-order valence-electron chi connectivity index (χ4n) is 2.05. The Labute approximate surface area is 149 Å². The second kappa shape index (κ2) is 8.46. The Morgan fingerprint density at radius 3 is 2.60 bits per heavy atom. The molecule has 2 aromatic carbocycles. The number of carbonyl (C=O) groups is 1. The number of halogens is 1. The molecule has 0 saturated carbocycles. The van der Waals surface area contributed by atoms with E-state index in [2.05, 4.69) is 5.32 Å². The quantitative estimate of drug-likeness (QED) is 0.581. The summed E-state index contributed by atoms with van der Waals surface area (Å²) >= 11 is 5.91. The molecule has 0 aromatic heterocycles. The number of nitrogens with one attached hydrogen (secondary N) is 1. The first-order valence-corrected chi connectivity index (χ1v) is 7.82. The van der Waals surface area contributed by atoms with Gasteiger partial charge in [-0.15, -0.1) is 0 Å². The van der Waals surface area contributed by atoms with Crippen molar-refractivity contribution in [3.05, 3.63) is 68.7 Å². The monoisotopic (exact) mass is 364 g/mol. The van der Waals surface area contributed by atoms with Gasteiger partial charge in [0.15, 0.2) is 6.61 Å². The largest absolute Gasteiger partial charge is 0.484 e. The van der Waals surface area contributed by atoms with Crippen LogP contribution in [0.3, 0.4) is 0 Å². The minimum absolute atomic E-state index is 0.0281. The summed E-state index contributed by atoms with van der Waals surface area (Å²) in [6, 6.07) is 10.6. The molecule has 25 heavy (non-hydrogen) atoms. The van der Waals surface area contributed by atoms with Crippen molar-refractivity contribution >= 4 is 23.2 Å². The fourth-order valence-corrected chi connectivity index (χ4v) is 2.17. The van der Waals surface area contributed by atoms with Gasteiger partial charge in [-0.05, 0) is 48.4 Å². The predicted molar refractivity (Wildman–Crippen MR) is 92.7 cm³/mol. The zero-order valence-electron chi connectivity index (χ0n) is 13.4. The number of rotatable bonds is 7. The summed E-state index contributed by atoms with van der Waals surface area (Å²) in [5, 5.41) is 23.8. The SMILES string of the molecule is Cc1cc(OCC(=O)NC[C@H](O)c2ccc([N+](=O)[O-])cc2)ccc1Cl. The molecule has 2 rings (SSSR count). The first-order chi connectivity index (χ1) is 11.9. The summed E-state index contributed by atoms with van der Waals surface area (Å²) in [5.74, 6) is 0.126. The first kappa shape index (κ1) is 18.7. The Morgan fingerprint density at radius 1 is 1.32 bits per heavy atom. The van der Waals surface area contributed by atoms with E-state index >= 15 is 0 Å². The van der Waals surface area contributed by atoms with Gasteiger partial charge < -0.3 is 15.2 Å². The Kier molecular flexibility index (Phi) is 6.32. The average Bonchev–Trinajstić information content (AvgIpc) is 2.60. The second-order valence-electron chi connectivity index (χ2n) is 5.37. The smallest absolute Gasteiger partial charge is 0.269 e. The molecule has 2 aromatic rings. The van der Waals surface area contributed by atoms with Gasteiger partial charge in [0.1, 0.15) is 5.75 Å². The highest BCUT2D eigenvalue weighted by molar-refractivity contribution is 6.31. The minimum atomic E-state index is -0.970. The fraction of sp³-hybridized carbons (Fsp3) is 0.235. The van der Waals surface area contributed by atoms with Crippen molar-refractivity contribution in [3.8, 4) is 5.75 Å². The number of aryl methyl sites for hydroxylation is 1. The standard InChI is InChI=1S/C17H17ClN2O5/c1-11-8-14(6-7-15(11)18)25-10-17(22)19-9-16(21)12-2-4-13(5-3-12)20(23)24/h2-8,16,21H,9-10H2,1H3,(H,19,22)/t16-/m0/s1. The third-order valence-corrected chi connectivity index (χ3v) is 3.90. The lowest BCUT2D eigenvalue weighted by molar-refractivity contribution is -0.384. The molecule has 0 saturated heterocycles. The van der Waals surface area contributed by atoms with E-state index in [1.54, 1.807) is 18.2 Å². The predicted octanol–water partition coefficient (Wildman–Crippen LogP) is 2.79. The van der Waals surface area contributed by atoms with Crippen molar-refractivity contribution < 1.29 is 19.6 Å². The number of carbonyl (C=O) groups excluding carboxylic acids is 1. The number of aliphatic hydroxyl groups is 1. The van der Waals surface area contributed by atoms with Gasteiger partial charge in [-0.2, -0.15) is 0 Å². The molecule has 0 radical (unpaired) electrons. The number of aliphatic hydroxyl groups excluding tert-OH is 1. The van der Waals surface area contributed by atoms with E-state index in [1.165, 1.54) is 24.3 Å². The van der Waals surface area contributed by atoms with Gasteiger partial charge in [0, 0.05) is 23.7 Å². The number of non-ortho nitro benzene ring substituents is 1. The molecule has 1 atom stereocenters. The van der Waals surface area contributed by atoms with Crippen LogP contribution in [0.5, 0.6) is 5.75 Å². The van der Waals surface area contributed by atoms with Crippen molar-refractivity contribution in [3.63, 3.8) is 0 Å². The number of nitrogens with zero attached hydrogens (tertiary/aromatic N) is 1. The van der Waals surface area contributed by atoms with Crippen molar-refractivity contribution in [1.29, 1.82) is 0 Å². The Balaban J connectivity index is 1.80. The van der Waals surface area contributed by atoms with E-state index in [9.17, 15) is 20.0 Å². The van der Waals surface area contributed by atoms with Gasteiger partial charge in [-0.1, -0.05) is 11.6 Å². The molecule has 0 spiro atoms. The van der Waals surface area contributed by atoms with E-state index in [-0.39, 0.29) is 18.8 Å². The summed E-state index contributed by atoms with van der Waals surface area (Å²) in [7, 11) is 0. The highest BCUT2D eigenvalue weighted by Gasteiger charge is 2.12. The molecular formula is C17H17ClN2O5. The number of benzene rings is 2. The second-order valence-corrected chi connectivity index (χ2v) is 5.78. The molecule has 0 aliphatic carbocycles. The number of nitro groups is 1. The molecule has 0 aliphatic heterocycles. The van der Waals surface area contributed by atoms with Crippen LogP contribution in [-0.2, 0) is 4.79 Å². The Bertz CT molecular complexity index is 764. The Morgan fingerprint density at radius 2 is 2.00 bits per heavy atom. The maximum absolute atomic E-state index is 11.8. The van der Waals surface area contributed by atoms with Gasteiger partial charge in [0.2, 0.25) is 0 Å². The zero-order valence-corrected chi connectivity index (χ0v) is 14.2. The highest BCUT2D eigenvalue weighted by Crippen LogP contribution is 2.21. The van der Waals surface area contributed by atoms with Crippen LogP contribution in [0.25, 0.3) is 0 Å². The molecule has 0 unspecified atom stereocenters. The van der Waals surface area contributed by atoms with Gasteiger partial charge in [-0.3, -0.25) is 14.9 Å². The van der Waals surface area contributed by atoms with Crippen molar-refractivity contribution in [1.82, 2.24) is 5.32 Å². The van der Waals surface area contributed by atoms with Crippen molar-refractivity contribution in [2.45, 2.75) is 13.0 Å². The maximum atomic E-state index is 11.8. The van der Waals surface area contributed by atoms with E-state index in [4.69, 9.17) is 16.3 Å². The number of nitro benzene ring substituents is 1. The highest BCUT2D eigenvalue weighted by atomic mass is 35.5. The number of ether oxygens (including phenoxy) is 1. The first-order valence-electron chi connectivity index (χ1n) is 7.45. The van der Waals surface area contributed by atoms with Gasteiger partial charge >= 0.3 is 0 Å². The number of hydrogen-bond acceptors (Lipinski definition) is 5. The molecule has 0 fully saturated rings. The Hall–Kier alpha value is -2.64. The van der Waals surface area contributed by atoms with Crippen LogP contribution in [0.15, 0.2) is 42.5 Å². The van der Waals surface area contributed by atoms with Crippen LogP contribution in [0.4, 0.5) is 5.69 Å². The number of amides is 1. The van der Waals surface area contributed by atoms with Crippen molar-refractivity contribution in [2.75, 3.05) is 13.2 Å². The molecule has 7 nitrogen and oxygen atoms in total. The summed E-state index contributed by atoms with van der Waals surface area (Å²) in [4.78, 5) is 21.9. The normalized spacial score (nSPS) is 11.6. The molecule has 0 bridgehead atoms. The molecule has 132 valence electrons. The molecule has 0 heterocycles. The van der Waals surface area contributed by atoms with Crippen LogP contribution in [-0.4, -0.2) is 29.1 Å². The van der Waals surface area contributed by atoms with Crippen LogP contribution >= 0.6 is 11.6 Å². The van der Waals surface area contributed by atoms with Crippen LogP contribution < -0.4 is 10.1 Å². The lowest BCUT2D eigenvalue weighted by atomic mass is 10.1. The van der Waals surface area contributed by atoms with Crippen molar-refractivity contribution in [2.24, 2.45) is 0 Å². The maximum Gasteiger partial charge on any atom is 0.269 e. The summed E-state index contributed by atoms with van der Waals surface area (Å²) in [6.45, 7) is 1.60. The van der Waals surface area contributed by atoms with Crippen LogP contribution in [0.1, 0.15) is 17.2 Å². The minimum Gasteiger partial charge on any atom is -0.484 e. The third kappa shape index (κ3) is 5.44. The molecule has 8 heteroatoms. The zero-order chi connectivity index (χ0) is 18.4. The van der Waals surface area contributed by atoms with Crippen LogP contribution in [0, 0.1) is 17.0 Å². The molecule has 0 aliphatic rings. The molecule has 2 N–H and O–H groups in total. The number of hydrogen-bond donors (Lipinski definition) is 2. The summed E-state index contributed by atoms with van der Waals surface area (Å²) in [5.41, 5.74) is 1.25. The van der Waals surface area contributed by atoms with E-state index < -0.39 is 16.9 Å². The topological polar surface area (TPSA) is 102 Å². The third-order valence-electron chi connectivity index (χ3n) is 3.48. The van der Waals surface area contributed by atoms with Gasteiger partial charge in [-0.25, -0.2) is 0 Å². The molecular weight excluding hydrogens is 348 g/mol. The summed E-state index contributed by atoms with van der Waals surface area (Å²) < 4.78 is 5.36. The molecule has 1 amide bonds. The summed E-state index contributed by atoms with van der Waals surface area (Å²) in [6.07, 6.45) is -0.970. The van der Waals surface area contributed by atoms with Crippen LogP contribution in [0.2, 0.25) is 5.02 Å². The van der Waals surface area contributed by atoms with E-state index in [0.29, 0.717) is 16.3 Å². The van der Waals surface area contributed by atoms with E-state index in [0.717, 1.165) is 5.56 Å². The van der Waals surface area contributed by atoms with Gasteiger partial charge in [0.25, 0.3) is 11.6 Å².